The first-order valence-corrected chi connectivity index (χ1v) is 7.37. The van der Waals surface area contributed by atoms with Gasteiger partial charge >= 0.3 is 6.18 Å². The largest absolute Gasteiger partial charge is 0.418 e. The summed E-state index contributed by atoms with van der Waals surface area (Å²) in [5.41, 5.74) is -0.526. The third-order valence-corrected chi connectivity index (χ3v) is 4.13. The number of halogens is 4. The normalized spacial score (nSPS) is 23.6. The first-order chi connectivity index (χ1) is 9.41. The number of ether oxygens (including phenoxy) is 1. The minimum Gasteiger partial charge on any atom is -0.379 e. The topological polar surface area (TPSA) is 21.3 Å². The van der Waals surface area contributed by atoms with Crippen LogP contribution in [0, 0.1) is 0 Å². The molecule has 2 nitrogen and oxygen atoms in total. The number of benzene rings is 1. The van der Waals surface area contributed by atoms with E-state index in [4.69, 9.17) is 4.74 Å². The molecule has 2 atom stereocenters. The van der Waals surface area contributed by atoms with Gasteiger partial charge in [0, 0.05) is 17.3 Å². The molecule has 0 bridgehead atoms. The molecule has 1 aliphatic rings. The molecule has 2 unspecified atom stereocenters. The second-order valence-corrected chi connectivity index (χ2v) is 5.91. The molecule has 112 valence electrons. The molecule has 2 rings (SSSR count). The number of hydrogen-bond donors (Lipinski definition) is 1. The summed E-state index contributed by atoms with van der Waals surface area (Å²) < 4.78 is 45.0. The third kappa shape index (κ3) is 3.67. The molecule has 0 amide bonds. The Kier molecular flexibility index (Phi) is 4.96. The van der Waals surface area contributed by atoms with E-state index in [-0.39, 0.29) is 17.8 Å². The number of methoxy groups -OCH3 is 1. The van der Waals surface area contributed by atoms with E-state index in [1.54, 1.807) is 13.2 Å². The molecule has 0 spiro atoms. The summed E-state index contributed by atoms with van der Waals surface area (Å²) in [6, 6.07) is 4.11. The van der Waals surface area contributed by atoms with Crippen molar-refractivity contribution < 1.29 is 17.9 Å². The van der Waals surface area contributed by atoms with E-state index in [9.17, 15) is 13.2 Å². The maximum atomic E-state index is 13.1. The van der Waals surface area contributed by atoms with E-state index in [2.05, 4.69) is 21.2 Å². The molecule has 0 aromatic heterocycles. The van der Waals surface area contributed by atoms with Crippen molar-refractivity contribution in [1.29, 1.82) is 0 Å². The molecule has 0 heterocycles. The summed E-state index contributed by atoms with van der Waals surface area (Å²) in [5, 5.41) is 3.02. The molecule has 1 saturated carbocycles. The van der Waals surface area contributed by atoms with Crippen LogP contribution in [0.3, 0.4) is 0 Å². The molecule has 0 saturated heterocycles. The van der Waals surface area contributed by atoms with Crippen LogP contribution in [0.4, 0.5) is 18.9 Å². The highest BCUT2D eigenvalue weighted by Crippen LogP contribution is 2.37. The summed E-state index contributed by atoms with van der Waals surface area (Å²) in [6.07, 6.45) is -0.631. The Bertz CT molecular complexity index is 464. The summed E-state index contributed by atoms with van der Waals surface area (Å²) in [6.45, 7) is 0. The zero-order chi connectivity index (χ0) is 14.8. The van der Waals surface area contributed by atoms with E-state index in [0.717, 1.165) is 31.7 Å². The van der Waals surface area contributed by atoms with Gasteiger partial charge in [0.15, 0.2) is 0 Å². The van der Waals surface area contributed by atoms with Gasteiger partial charge in [0.2, 0.25) is 0 Å². The van der Waals surface area contributed by atoms with Gasteiger partial charge in [-0.15, -0.1) is 0 Å². The van der Waals surface area contributed by atoms with Crippen molar-refractivity contribution in [2.45, 2.75) is 44.0 Å². The highest BCUT2D eigenvalue weighted by Gasteiger charge is 2.35. The predicted octanol–water partition coefficient (Wildman–Crippen LogP) is 4.84. The second-order valence-electron chi connectivity index (χ2n) is 5.00. The van der Waals surface area contributed by atoms with Gasteiger partial charge in [0.05, 0.1) is 17.7 Å². The fourth-order valence-electron chi connectivity index (χ4n) is 2.62. The number of alkyl halides is 3. The molecule has 6 heteroatoms. The van der Waals surface area contributed by atoms with Gasteiger partial charge in [-0.25, -0.2) is 0 Å². The van der Waals surface area contributed by atoms with E-state index in [1.807, 2.05) is 0 Å². The molecule has 1 aromatic carbocycles. The summed E-state index contributed by atoms with van der Waals surface area (Å²) in [5.74, 6) is 0. The first kappa shape index (κ1) is 15.6. The monoisotopic (exact) mass is 351 g/mol. The maximum absolute atomic E-state index is 13.1. The van der Waals surface area contributed by atoms with E-state index in [0.29, 0.717) is 4.47 Å². The fraction of sp³-hybridized carbons (Fsp3) is 0.571. The van der Waals surface area contributed by atoms with Crippen molar-refractivity contribution >= 4 is 21.6 Å². The van der Waals surface area contributed by atoms with Crippen molar-refractivity contribution in [2.75, 3.05) is 12.4 Å². The van der Waals surface area contributed by atoms with Crippen LogP contribution < -0.4 is 5.32 Å². The lowest BCUT2D eigenvalue weighted by molar-refractivity contribution is -0.137. The Hall–Kier alpha value is -0.750. The average molecular weight is 352 g/mol. The molecule has 20 heavy (non-hydrogen) atoms. The standard InChI is InChI=1S/C14H17BrF3NO/c1-20-13-5-3-2-4-12(13)19-11-7-6-9(15)8-10(11)14(16,17)18/h6-8,12-13,19H,2-5H2,1H3. The van der Waals surface area contributed by atoms with Crippen LogP contribution in [0.2, 0.25) is 0 Å². The van der Waals surface area contributed by atoms with Gasteiger partial charge in [-0.1, -0.05) is 28.8 Å². The van der Waals surface area contributed by atoms with Crippen LogP contribution >= 0.6 is 15.9 Å². The van der Waals surface area contributed by atoms with Gasteiger partial charge in [-0.05, 0) is 31.0 Å². The zero-order valence-corrected chi connectivity index (χ0v) is 12.7. The first-order valence-electron chi connectivity index (χ1n) is 6.58. The van der Waals surface area contributed by atoms with Gasteiger partial charge in [-0.3, -0.25) is 0 Å². The highest BCUT2D eigenvalue weighted by atomic mass is 79.9. The predicted molar refractivity (Wildman–Crippen MR) is 75.8 cm³/mol. The Balaban J connectivity index is 2.24. The number of hydrogen-bond acceptors (Lipinski definition) is 2. The minimum atomic E-state index is -4.37. The maximum Gasteiger partial charge on any atom is 0.418 e. The van der Waals surface area contributed by atoms with E-state index < -0.39 is 11.7 Å². The molecule has 1 N–H and O–H groups in total. The van der Waals surface area contributed by atoms with Gasteiger partial charge in [0.1, 0.15) is 0 Å². The van der Waals surface area contributed by atoms with Gasteiger partial charge in [-0.2, -0.15) is 13.2 Å². The quantitative estimate of drug-likeness (QED) is 0.841. The van der Waals surface area contributed by atoms with Crippen LogP contribution in [-0.4, -0.2) is 19.3 Å². The lowest BCUT2D eigenvalue weighted by Crippen LogP contribution is -2.38. The van der Waals surface area contributed by atoms with Crippen molar-refractivity contribution in [2.24, 2.45) is 0 Å². The van der Waals surface area contributed by atoms with E-state index in [1.165, 1.54) is 6.07 Å². The molecule has 1 aromatic rings. The smallest absolute Gasteiger partial charge is 0.379 e. The Morgan fingerprint density at radius 3 is 2.60 bits per heavy atom. The minimum absolute atomic E-state index is 0.0338. The average Bonchev–Trinajstić information content (AvgIpc) is 2.40. The van der Waals surface area contributed by atoms with Crippen LogP contribution in [0.25, 0.3) is 0 Å². The number of nitrogens with one attached hydrogen (secondary N) is 1. The van der Waals surface area contributed by atoms with Gasteiger partial charge < -0.3 is 10.1 Å². The summed E-state index contributed by atoms with van der Waals surface area (Å²) in [7, 11) is 1.61. The molecule has 1 fully saturated rings. The van der Waals surface area contributed by atoms with E-state index >= 15 is 0 Å². The highest BCUT2D eigenvalue weighted by molar-refractivity contribution is 9.10. The molecule has 1 aliphatic carbocycles. The van der Waals surface area contributed by atoms with Gasteiger partial charge in [0.25, 0.3) is 0 Å². The third-order valence-electron chi connectivity index (χ3n) is 3.63. The van der Waals surface area contributed by atoms with Crippen LogP contribution in [0.5, 0.6) is 0 Å². The molecular weight excluding hydrogens is 335 g/mol. The Morgan fingerprint density at radius 2 is 1.95 bits per heavy atom. The van der Waals surface area contributed by atoms with Crippen LogP contribution in [0.1, 0.15) is 31.2 Å². The lowest BCUT2D eigenvalue weighted by atomic mass is 9.92. The fourth-order valence-corrected chi connectivity index (χ4v) is 2.98. The molecule has 0 aliphatic heterocycles. The molecule has 0 radical (unpaired) electrons. The van der Waals surface area contributed by atoms with Crippen LogP contribution in [0.15, 0.2) is 22.7 Å². The number of rotatable bonds is 3. The van der Waals surface area contributed by atoms with Crippen molar-refractivity contribution in [3.05, 3.63) is 28.2 Å². The lowest BCUT2D eigenvalue weighted by Gasteiger charge is -2.32. The Labute approximate surface area is 124 Å². The zero-order valence-electron chi connectivity index (χ0n) is 11.1. The second kappa shape index (κ2) is 6.35. The Morgan fingerprint density at radius 1 is 1.25 bits per heavy atom. The summed E-state index contributed by atoms with van der Waals surface area (Å²) in [4.78, 5) is 0. The van der Waals surface area contributed by atoms with Crippen molar-refractivity contribution in [3.8, 4) is 0 Å². The molecular formula is C14H17BrF3NO. The SMILES string of the molecule is COC1CCCCC1Nc1ccc(Br)cc1C(F)(F)F. The van der Waals surface area contributed by atoms with Crippen molar-refractivity contribution in [3.63, 3.8) is 0 Å². The van der Waals surface area contributed by atoms with Crippen molar-refractivity contribution in [1.82, 2.24) is 0 Å². The van der Waals surface area contributed by atoms with Crippen LogP contribution in [-0.2, 0) is 10.9 Å². The summed E-state index contributed by atoms with van der Waals surface area (Å²) >= 11 is 3.09. The number of anilines is 1.